The van der Waals surface area contributed by atoms with Crippen LogP contribution in [0.1, 0.15) is 35.2 Å². The van der Waals surface area contributed by atoms with E-state index in [1.165, 1.54) is 11.0 Å². The molecule has 45 heavy (non-hydrogen) atoms. The minimum atomic E-state index is -0.434. The Hall–Kier alpha value is -3.92. The van der Waals surface area contributed by atoms with Gasteiger partial charge in [0.2, 0.25) is 17.7 Å². The van der Waals surface area contributed by atoms with Crippen LogP contribution in [0.2, 0.25) is 10.0 Å². The Labute approximate surface area is 280 Å². The molecule has 4 rings (SSSR count). The van der Waals surface area contributed by atoms with E-state index >= 15 is 0 Å². The summed E-state index contributed by atoms with van der Waals surface area (Å²) in [4.78, 5) is 43.4. The topological polar surface area (TPSA) is 101 Å². The number of nitrogens with one attached hydrogen (secondary N) is 2. The van der Waals surface area contributed by atoms with Crippen LogP contribution in [0.3, 0.4) is 0 Å². The van der Waals surface area contributed by atoms with Gasteiger partial charge >= 0.3 is 0 Å². The van der Waals surface area contributed by atoms with Gasteiger partial charge < -0.3 is 20.3 Å². The van der Waals surface area contributed by atoms with Crippen LogP contribution in [-0.4, -0.2) is 41.6 Å². The molecular weight excluding hydrogens is 679 g/mol. The summed E-state index contributed by atoms with van der Waals surface area (Å²) in [6, 6.07) is 18.4. The summed E-state index contributed by atoms with van der Waals surface area (Å²) in [6.45, 7) is 3.61. The summed E-state index contributed by atoms with van der Waals surface area (Å²) in [7, 11) is 1.57. The van der Waals surface area contributed by atoms with Crippen LogP contribution < -0.4 is 20.3 Å². The lowest BCUT2D eigenvalue weighted by molar-refractivity contribution is -0.122. The third kappa shape index (κ3) is 9.06. The molecule has 0 saturated carbocycles. The van der Waals surface area contributed by atoms with Gasteiger partial charge in [0.05, 0.1) is 17.3 Å². The monoisotopic (exact) mass is 710 g/mol. The first-order valence-electron chi connectivity index (χ1n) is 14.2. The lowest BCUT2D eigenvalue weighted by Crippen LogP contribution is -2.37. The zero-order valence-corrected chi connectivity index (χ0v) is 28.2. The van der Waals surface area contributed by atoms with Crippen molar-refractivity contribution in [2.45, 2.75) is 33.3 Å². The molecule has 0 unspecified atom stereocenters. The van der Waals surface area contributed by atoms with Gasteiger partial charge in [0, 0.05) is 52.2 Å². The third-order valence-electron chi connectivity index (χ3n) is 7.00. The Balaban J connectivity index is 1.35. The van der Waals surface area contributed by atoms with Gasteiger partial charge in [0.15, 0.2) is 0 Å². The van der Waals surface area contributed by atoms with Gasteiger partial charge in [-0.05, 0) is 73.9 Å². The fraction of sp³-hybridized carbons (Fsp3) is 0.235. The average molecular weight is 712 g/mol. The zero-order chi connectivity index (χ0) is 32.5. The maximum atomic E-state index is 13.0. The molecule has 0 aliphatic heterocycles. The second kappa shape index (κ2) is 15.9. The van der Waals surface area contributed by atoms with E-state index in [4.69, 9.17) is 27.9 Å². The number of rotatable bonds is 12. The molecule has 3 aromatic carbocycles. The number of hydrogen-bond acceptors (Lipinski definition) is 5. The van der Waals surface area contributed by atoms with E-state index in [0.29, 0.717) is 28.4 Å². The van der Waals surface area contributed by atoms with Crippen molar-refractivity contribution in [3.63, 3.8) is 0 Å². The number of carbonyl (C=O) groups is 3. The van der Waals surface area contributed by atoms with Crippen molar-refractivity contribution in [2.75, 3.05) is 29.1 Å². The van der Waals surface area contributed by atoms with Crippen LogP contribution in [0.25, 0.3) is 17.0 Å². The minimum absolute atomic E-state index is 0.0483. The normalized spacial score (nSPS) is 11.1. The fourth-order valence-corrected chi connectivity index (χ4v) is 5.36. The largest absolute Gasteiger partial charge is 0.487 e. The predicted octanol–water partition coefficient (Wildman–Crippen LogP) is 7.64. The number of anilines is 2. The molecule has 0 spiro atoms. The molecule has 4 aromatic rings. The van der Waals surface area contributed by atoms with Crippen molar-refractivity contribution >= 4 is 85.2 Å². The first kappa shape index (κ1) is 34.0. The van der Waals surface area contributed by atoms with E-state index in [1.807, 2.05) is 50.2 Å². The third-order valence-corrected chi connectivity index (χ3v) is 8.34. The van der Waals surface area contributed by atoms with Crippen molar-refractivity contribution in [1.82, 2.24) is 10.3 Å². The van der Waals surface area contributed by atoms with Gasteiger partial charge in [0.1, 0.15) is 17.9 Å². The molecule has 2 N–H and O–H groups in total. The molecule has 11 heteroatoms. The Morgan fingerprint density at radius 2 is 1.84 bits per heavy atom. The molecule has 1 heterocycles. The molecule has 0 bridgehead atoms. The lowest BCUT2D eigenvalue weighted by atomic mass is 10.1. The molecule has 8 nitrogen and oxygen atoms in total. The summed E-state index contributed by atoms with van der Waals surface area (Å²) >= 11 is 16.5. The van der Waals surface area contributed by atoms with Gasteiger partial charge in [-0.3, -0.25) is 14.4 Å². The Morgan fingerprint density at radius 3 is 2.60 bits per heavy atom. The molecule has 0 atom stereocenters. The van der Waals surface area contributed by atoms with Crippen molar-refractivity contribution in [2.24, 2.45) is 0 Å². The van der Waals surface area contributed by atoms with Crippen LogP contribution in [0.5, 0.6) is 5.75 Å². The highest BCUT2D eigenvalue weighted by atomic mass is 79.9. The van der Waals surface area contributed by atoms with Crippen molar-refractivity contribution in [3.05, 3.63) is 99.2 Å². The van der Waals surface area contributed by atoms with Crippen LogP contribution in [-0.2, 0) is 21.0 Å². The number of para-hydroxylation sites is 1. The number of aromatic nitrogens is 1. The number of likely N-dealkylation sites (N-methyl/N-ethyl adjacent to an activating group) is 1. The number of aryl methyl sites for hydroxylation is 2. The number of ether oxygens (including phenoxy) is 1. The van der Waals surface area contributed by atoms with Crippen LogP contribution in [0.4, 0.5) is 11.4 Å². The second-order valence-corrected chi connectivity index (χ2v) is 11.9. The standard InChI is InChI=1S/C34H33BrCl2N4O4/c1-21-18-23(10-14-27(21)40-31(43)8-5-17-35)11-16-30(42)38-19-32(44)41(3)28-15-13-26(36)25(33(28)37)20-45-29-7-4-6-24-12-9-22(2)39-34(24)29/h4,6-7,9-16,18H,5,8,17,19-20H2,1-3H3,(H,38,42)(H,40,43). The molecule has 0 radical (unpaired) electrons. The number of benzene rings is 3. The maximum Gasteiger partial charge on any atom is 0.246 e. The van der Waals surface area contributed by atoms with E-state index in [2.05, 4.69) is 31.5 Å². The SMILES string of the molecule is Cc1ccc2cccc(OCc3c(Cl)ccc(N(C)C(=O)CNC(=O)C=Cc4ccc(NC(=O)CCCBr)c(C)c4)c3Cl)c2n1. The number of nitrogens with zero attached hydrogens (tertiary/aromatic N) is 2. The number of pyridine rings is 1. The lowest BCUT2D eigenvalue weighted by Gasteiger charge is -2.21. The molecule has 0 fully saturated rings. The first-order chi connectivity index (χ1) is 21.6. The minimum Gasteiger partial charge on any atom is -0.487 e. The molecule has 3 amide bonds. The smallest absolute Gasteiger partial charge is 0.246 e. The van der Waals surface area contributed by atoms with Gasteiger partial charge in [-0.15, -0.1) is 0 Å². The summed E-state index contributed by atoms with van der Waals surface area (Å²) in [5.74, 6) is -0.269. The Bertz CT molecular complexity index is 1760. The molecule has 0 aliphatic rings. The quantitative estimate of drug-likeness (QED) is 0.116. The van der Waals surface area contributed by atoms with E-state index < -0.39 is 5.91 Å². The van der Waals surface area contributed by atoms with Gasteiger partial charge in [-0.25, -0.2) is 4.98 Å². The molecule has 234 valence electrons. The van der Waals surface area contributed by atoms with Crippen molar-refractivity contribution in [3.8, 4) is 5.75 Å². The number of fused-ring (bicyclic) bond motifs is 1. The van der Waals surface area contributed by atoms with Gasteiger partial charge in [0.25, 0.3) is 0 Å². The van der Waals surface area contributed by atoms with E-state index in [-0.39, 0.29) is 30.0 Å². The summed E-state index contributed by atoms with van der Waals surface area (Å²) < 4.78 is 6.08. The van der Waals surface area contributed by atoms with E-state index in [9.17, 15) is 14.4 Å². The van der Waals surface area contributed by atoms with Crippen molar-refractivity contribution in [1.29, 1.82) is 0 Å². The van der Waals surface area contributed by atoms with Gasteiger partial charge in [-0.1, -0.05) is 63.4 Å². The van der Waals surface area contributed by atoms with Crippen LogP contribution >= 0.6 is 39.1 Å². The van der Waals surface area contributed by atoms with Crippen molar-refractivity contribution < 1.29 is 19.1 Å². The number of halogens is 3. The molecule has 1 aromatic heterocycles. The summed E-state index contributed by atoms with van der Waals surface area (Å²) in [5, 5.41) is 7.88. The Morgan fingerprint density at radius 1 is 1.04 bits per heavy atom. The average Bonchev–Trinajstić information content (AvgIpc) is 3.02. The summed E-state index contributed by atoms with van der Waals surface area (Å²) in [5.41, 5.74) is 4.92. The number of hydrogen-bond donors (Lipinski definition) is 2. The van der Waals surface area contributed by atoms with Gasteiger partial charge in [-0.2, -0.15) is 0 Å². The van der Waals surface area contributed by atoms with Crippen LogP contribution in [0.15, 0.2) is 66.7 Å². The van der Waals surface area contributed by atoms with E-state index in [1.54, 1.807) is 37.4 Å². The molecular formula is C34H33BrCl2N4O4. The zero-order valence-electron chi connectivity index (χ0n) is 25.1. The highest BCUT2D eigenvalue weighted by Gasteiger charge is 2.19. The van der Waals surface area contributed by atoms with E-state index in [0.717, 1.165) is 45.2 Å². The second-order valence-electron chi connectivity index (χ2n) is 10.3. The van der Waals surface area contributed by atoms with Crippen LogP contribution in [0, 0.1) is 13.8 Å². The molecule has 0 aliphatic carbocycles. The number of amides is 3. The highest BCUT2D eigenvalue weighted by molar-refractivity contribution is 9.09. The summed E-state index contributed by atoms with van der Waals surface area (Å²) in [6.07, 6.45) is 4.18. The first-order valence-corrected chi connectivity index (χ1v) is 16.1. The number of carbonyl (C=O) groups excluding carboxylic acids is 3. The molecule has 0 saturated heterocycles. The predicted molar refractivity (Wildman–Crippen MR) is 186 cm³/mol. The maximum absolute atomic E-state index is 13.0. The fourth-order valence-electron chi connectivity index (χ4n) is 4.48. The Kier molecular flexibility index (Phi) is 12.0. The highest BCUT2D eigenvalue weighted by Crippen LogP contribution is 2.35. The number of alkyl halides is 1.